The number of methoxy groups -OCH3 is 2. The SMILES string of the molecule is C/C=C/[C@H](C(=O)OC)[C@@H](CC(=O)OC)c1ccccc1. The first-order valence-electron chi connectivity index (χ1n) is 6.46. The van der Waals surface area contributed by atoms with E-state index in [1.165, 1.54) is 14.2 Å². The molecule has 0 saturated heterocycles. The number of carbonyl (C=O) groups excluding carboxylic acids is 2. The van der Waals surface area contributed by atoms with Crippen molar-refractivity contribution < 1.29 is 19.1 Å². The van der Waals surface area contributed by atoms with Gasteiger partial charge in [0, 0.05) is 5.92 Å². The summed E-state index contributed by atoms with van der Waals surface area (Å²) in [5.41, 5.74) is 0.909. The Balaban J connectivity index is 3.13. The molecule has 1 aromatic carbocycles. The second-order valence-corrected chi connectivity index (χ2v) is 4.37. The minimum Gasteiger partial charge on any atom is -0.469 e. The molecule has 4 nitrogen and oxygen atoms in total. The summed E-state index contributed by atoms with van der Waals surface area (Å²) in [5, 5.41) is 0. The van der Waals surface area contributed by atoms with Gasteiger partial charge in [-0.1, -0.05) is 42.5 Å². The molecular formula is C16H20O4. The molecule has 1 aromatic rings. The molecule has 0 saturated carbocycles. The molecule has 0 aliphatic heterocycles. The summed E-state index contributed by atoms with van der Waals surface area (Å²) in [6.45, 7) is 1.83. The number of hydrogen-bond acceptors (Lipinski definition) is 4. The Kier molecular flexibility index (Phi) is 6.50. The Hall–Kier alpha value is -2.10. The van der Waals surface area contributed by atoms with Crippen molar-refractivity contribution in [1.82, 2.24) is 0 Å². The van der Waals surface area contributed by atoms with Gasteiger partial charge in [0.1, 0.15) is 0 Å². The lowest BCUT2D eigenvalue weighted by atomic mass is 9.83. The van der Waals surface area contributed by atoms with E-state index < -0.39 is 5.92 Å². The van der Waals surface area contributed by atoms with Crippen LogP contribution in [0.2, 0.25) is 0 Å². The van der Waals surface area contributed by atoms with E-state index in [0.717, 1.165) is 5.56 Å². The van der Waals surface area contributed by atoms with E-state index in [1.807, 2.05) is 37.3 Å². The van der Waals surface area contributed by atoms with Crippen LogP contribution in [0, 0.1) is 5.92 Å². The highest BCUT2D eigenvalue weighted by atomic mass is 16.5. The molecule has 0 aliphatic carbocycles. The smallest absolute Gasteiger partial charge is 0.313 e. The Morgan fingerprint density at radius 2 is 1.80 bits per heavy atom. The zero-order valence-corrected chi connectivity index (χ0v) is 12.0. The molecular weight excluding hydrogens is 256 g/mol. The highest BCUT2D eigenvalue weighted by molar-refractivity contribution is 5.78. The minimum atomic E-state index is -0.508. The predicted molar refractivity (Wildman–Crippen MR) is 76.1 cm³/mol. The van der Waals surface area contributed by atoms with Crippen LogP contribution >= 0.6 is 0 Å². The maximum Gasteiger partial charge on any atom is 0.313 e. The van der Waals surface area contributed by atoms with Gasteiger partial charge >= 0.3 is 11.9 Å². The van der Waals surface area contributed by atoms with E-state index in [2.05, 4.69) is 0 Å². The van der Waals surface area contributed by atoms with Gasteiger partial charge in [0.05, 0.1) is 26.6 Å². The Bertz CT molecular complexity index is 465. The second-order valence-electron chi connectivity index (χ2n) is 4.37. The maximum atomic E-state index is 12.0. The van der Waals surface area contributed by atoms with Gasteiger partial charge in [0.25, 0.3) is 0 Å². The number of ether oxygens (including phenoxy) is 2. The van der Waals surface area contributed by atoms with Crippen LogP contribution in [0.4, 0.5) is 0 Å². The van der Waals surface area contributed by atoms with Gasteiger partial charge in [-0.3, -0.25) is 9.59 Å². The summed E-state index contributed by atoms with van der Waals surface area (Å²) >= 11 is 0. The zero-order valence-electron chi connectivity index (χ0n) is 12.0. The summed E-state index contributed by atoms with van der Waals surface area (Å²) in [5.74, 6) is -1.52. The quantitative estimate of drug-likeness (QED) is 0.592. The molecule has 0 bridgehead atoms. The highest BCUT2D eigenvalue weighted by Crippen LogP contribution is 2.30. The molecule has 0 radical (unpaired) electrons. The molecule has 4 heteroatoms. The van der Waals surface area contributed by atoms with Crippen molar-refractivity contribution >= 4 is 11.9 Å². The zero-order chi connectivity index (χ0) is 15.0. The van der Waals surface area contributed by atoms with E-state index in [-0.39, 0.29) is 24.3 Å². The van der Waals surface area contributed by atoms with E-state index in [1.54, 1.807) is 12.2 Å². The average molecular weight is 276 g/mol. The third kappa shape index (κ3) is 4.23. The van der Waals surface area contributed by atoms with Gasteiger partial charge in [0.2, 0.25) is 0 Å². The number of carbonyl (C=O) groups is 2. The fourth-order valence-electron chi connectivity index (χ4n) is 2.14. The fourth-order valence-corrected chi connectivity index (χ4v) is 2.14. The number of esters is 2. The number of rotatable bonds is 6. The van der Waals surface area contributed by atoms with Crippen molar-refractivity contribution in [2.75, 3.05) is 14.2 Å². The van der Waals surface area contributed by atoms with Crippen LogP contribution in [0.1, 0.15) is 24.8 Å². The van der Waals surface area contributed by atoms with Gasteiger partial charge in [-0.15, -0.1) is 0 Å². The van der Waals surface area contributed by atoms with Crippen molar-refractivity contribution in [3.63, 3.8) is 0 Å². The van der Waals surface area contributed by atoms with Crippen LogP contribution < -0.4 is 0 Å². The van der Waals surface area contributed by atoms with Crippen molar-refractivity contribution in [3.8, 4) is 0 Å². The third-order valence-corrected chi connectivity index (χ3v) is 3.15. The topological polar surface area (TPSA) is 52.6 Å². The summed E-state index contributed by atoms with van der Waals surface area (Å²) in [4.78, 5) is 23.6. The second kappa shape index (κ2) is 8.15. The van der Waals surface area contributed by atoms with Crippen molar-refractivity contribution in [2.45, 2.75) is 19.3 Å². The van der Waals surface area contributed by atoms with Crippen LogP contribution in [0.5, 0.6) is 0 Å². The van der Waals surface area contributed by atoms with Crippen molar-refractivity contribution in [3.05, 3.63) is 48.0 Å². The van der Waals surface area contributed by atoms with Gasteiger partial charge < -0.3 is 9.47 Å². The molecule has 108 valence electrons. The van der Waals surface area contributed by atoms with E-state index >= 15 is 0 Å². The van der Waals surface area contributed by atoms with Crippen LogP contribution in [0.25, 0.3) is 0 Å². The number of allylic oxidation sites excluding steroid dienone is 1. The first-order valence-corrected chi connectivity index (χ1v) is 6.46. The number of benzene rings is 1. The van der Waals surface area contributed by atoms with Gasteiger partial charge in [-0.05, 0) is 12.5 Å². The first-order chi connectivity index (χ1) is 9.63. The molecule has 0 amide bonds. The average Bonchev–Trinajstić information content (AvgIpc) is 2.50. The monoisotopic (exact) mass is 276 g/mol. The first kappa shape index (κ1) is 16.0. The highest BCUT2D eigenvalue weighted by Gasteiger charge is 2.30. The van der Waals surface area contributed by atoms with Crippen LogP contribution in [0.3, 0.4) is 0 Å². The normalized spacial score (nSPS) is 13.8. The third-order valence-electron chi connectivity index (χ3n) is 3.15. The predicted octanol–water partition coefficient (Wildman–Crippen LogP) is 2.70. The molecule has 1 rings (SSSR count). The van der Waals surface area contributed by atoms with E-state index in [4.69, 9.17) is 9.47 Å². The molecule has 0 fully saturated rings. The summed E-state index contributed by atoms with van der Waals surface area (Å²) in [7, 11) is 2.69. The standard InChI is InChI=1S/C16H20O4/c1-4-8-13(16(18)20-3)14(11-15(17)19-2)12-9-6-5-7-10-12/h4-10,13-14H,11H2,1-3H3/b8-4+/t13-,14-/m0/s1. The van der Waals surface area contributed by atoms with Crippen LogP contribution in [-0.4, -0.2) is 26.2 Å². The Labute approximate surface area is 119 Å². The summed E-state index contributed by atoms with van der Waals surface area (Å²) in [6.07, 6.45) is 3.67. The van der Waals surface area contributed by atoms with Crippen molar-refractivity contribution in [2.24, 2.45) is 5.92 Å². The van der Waals surface area contributed by atoms with Crippen molar-refractivity contribution in [1.29, 1.82) is 0 Å². The van der Waals surface area contributed by atoms with Crippen LogP contribution in [0.15, 0.2) is 42.5 Å². The largest absolute Gasteiger partial charge is 0.469 e. The van der Waals surface area contributed by atoms with Gasteiger partial charge in [0.15, 0.2) is 0 Å². The fraction of sp³-hybridized carbons (Fsp3) is 0.375. The lowest BCUT2D eigenvalue weighted by molar-refractivity contribution is -0.146. The molecule has 0 unspecified atom stereocenters. The molecule has 2 atom stereocenters. The molecule has 0 heterocycles. The summed E-state index contributed by atoms with van der Waals surface area (Å²) < 4.78 is 9.57. The Morgan fingerprint density at radius 3 is 2.30 bits per heavy atom. The molecule has 0 aliphatic rings. The lowest BCUT2D eigenvalue weighted by Gasteiger charge is -2.22. The van der Waals surface area contributed by atoms with Gasteiger partial charge in [-0.25, -0.2) is 0 Å². The van der Waals surface area contributed by atoms with E-state index in [0.29, 0.717) is 0 Å². The molecule has 0 spiro atoms. The Morgan fingerprint density at radius 1 is 1.15 bits per heavy atom. The maximum absolute atomic E-state index is 12.0. The number of hydrogen-bond donors (Lipinski definition) is 0. The summed E-state index contributed by atoms with van der Waals surface area (Å²) in [6, 6.07) is 9.44. The lowest BCUT2D eigenvalue weighted by Crippen LogP contribution is -2.24. The van der Waals surface area contributed by atoms with Crippen LogP contribution in [-0.2, 0) is 19.1 Å². The van der Waals surface area contributed by atoms with E-state index in [9.17, 15) is 9.59 Å². The molecule has 0 N–H and O–H groups in total. The minimum absolute atomic E-state index is 0.130. The molecule has 0 aromatic heterocycles. The molecule has 20 heavy (non-hydrogen) atoms. The van der Waals surface area contributed by atoms with Gasteiger partial charge in [-0.2, -0.15) is 0 Å².